The van der Waals surface area contributed by atoms with Crippen molar-refractivity contribution in [2.75, 3.05) is 31.0 Å². The lowest BCUT2D eigenvalue weighted by atomic mass is 10.0. The zero-order chi connectivity index (χ0) is 20.2. The number of anilines is 2. The Labute approximate surface area is 169 Å². The zero-order valence-corrected chi connectivity index (χ0v) is 16.4. The highest BCUT2D eigenvalue weighted by Crippen LogP contribution is 2.29. The summed E-state index contributed by atoms with van der Waals surface area (Å²) < 4.78 is 10.5. The van der Waals surface area contributed by atoms with E-state index in [0.717, 1.165) is 19.5 Å². The van der Waals surface area contributed by atoms with E-state index in [4.69, 9.17) is 9.47 Å². The second-order valence-electron chi connectivity index (χ2n) is 6.73. The van der Waals surface area contributed by atoms with Crippen molar-refractivity contribution in [3.05, 3.63) is 71.5 Å². The van der Waals surface area contributed by atoms with E-state index in [1.54, 1.807) is 44.8 Å². The lowest BCUT2D eigenvalue weighted by molar-refractivity contribution is 0.102. The number of fused-ring (bicyclic) bond motifs is 1. The average molecular weight is 390 g/mol. The van der Waals surface area contributed by atoms with E-state index in [9.17, 15) is 4.79 Å². The van der Waals surface area contributed by atoms with Crippen LogP contribution in [0.1, 0.15) is 21.5 Å². The summed E-state index contributed by atoms with van der Waals surface area (Å²) in [5.41, 5.74) is 3.55. The topological polar surface area (TPSA) is 76.6 Å². The van der Waals surface area contributed by atoms with Crippen LogP contribution in [0.2, 0.25) is 0 Å². The average Bonchev–Trinajstić information content (AvgIpc) is 2.78. The maximum absolute atomic E-state index is 12.6. The van der Waals surface area contributed by atoms with E-state index in [1.165, 1.54) is 11.1 Å². The fourth-order valence-electron chi connectivity index (χ4n) is 3.37. The maximum Gasteiger partial charge on any atom is 0.258 e. The van der Waals surface area contributed by atoms with Crippen molar-refractivity contribution in [3.8, 4) is 11.5 Å². The third-order valence-corrected chi connectivity index (χ3v) is 4.97. The number of benzene rings is 2. The van der Waals surface area contributed by atoms with Crippen LogP contribution in [0.4, 0.5) is 11.6 Å². The first-order valence-corrected chi connectivity index (χ1v) is 9.35. The minimum Gasteiger partial charge on any atom is -0.497 e. The molecular weight excluding hydrogens is 368 g/mol. The van der Waals surface area contributed by atoms with E-state index in [-0.39, 0.29) is 5.91 Å². The van der Waals surface area contributed by atoms with Gasteiger partial charge in [0.05, 0.1) is 25.5 Å². The predicted octanol–water partition coefficient (Wildman–Crippen LogP) is 3.31. The molecule has 0 fully saturated rings. The Kier molecular flexibility index (Phi) is 5.29. The van der Waals surface area contributed by atoms with Crippen LogP contribution in [-0.4, -0.2) is 36.6 Å². The number of methoxy groups -OCH3 is 2. The summed E-state index contributed by atoms with van der Waals surface area (Å²) in [6.07, 6.45) is 4.05. The van der Waals surface area contributed by atoms with Gasteiger partial charge in [0, 0.05) is 31.5 Å². The quantitative estimate of drug-likeness (QED) is 0.720. The first-order valence-electron chi connectivity index (χ1n) is 9.35. The van der Waals surface area contributed by atoms with Crippen LogP contribution >= 0.6 is 0 Å². The van der Waals surface area contributed by atoms with Gasteiger partial charge in [0.25, 0.3) is 5.91 Å². The molecule has 3 aromatic rings. The van der Waals surface area contributed by atoms with Gasteiger partial charge in [0.2, 0.25) is 5.95 Å². The number of hydrogen-bond donors (Lipinski definition) is 1. The monoisotopic (exact) mass is 390 g/mol. The number of carbonyl (C=O) groups is 1. The molecule has 1 aromatic heterocycles. The Hall–Kier alpha value is -3.61. The minimum atomic E-state index is -0.313. The number of rotatable bonds is 5. The van der Waals surface area contributed by atoms with Crippen LogP contribution in [0.15, 0.2) is 54.9 Å². The summed E-state index contributed by atoms with van der Waals surface area (Å²) in [5, 5.41) is 2.83. The molecule has 0 unspecified atom stereocenters. The lowest BCUT2D eigenvalue weighted by Gasteiger charge is -2.28. The van der Waals surface area contributed by atoms with E-state index in [1.807, 2.05) is 6.07 Å². The number of hydrogen-bond acceptors (Lipinski definition) is 6. The molecule has 7 heteroatoms. The number of amides is 1. The molecule has 0 radical (unpaired) electrons. The van der Waals surface area contributed by atoms with Crippen LogP contribution in [-0.2, 0) is 13.0 Å². The van der Waals surface area contributed by atoms with Crippen molar-refractivity contribution in [2.24, 2.45) is 0 Å². The Morgan fingerprint density at radius 3 is 2.52 bits per heavy atom. The van der Waals surface area contributed by atoms with Crippen molar-refractivity contribution in [2.45, 2.75) is 13.0 Å². The predicted molar refractivity (Wildman–Crippen MR) is 111 cm³/mol. The van der Waals surface area contributed by atoms with Crippen LogP contribution in [0.3, 0.4) is 0 Å². The first-order chi connectivity index (χ1) is 14.2. The Morgan fingerprint density at radius 2 is 1.79 bits per heavy atom. The van der Waals surface area contributed by atoms with Crippen molar-refractivity contribution in [3.63, 3.8) is 0 Å². The summed E-state index contributed by atoms with van der Waals surface area (Å²) in [5.74, 6) is 1.48. The van der Waals surface area contributed by atoms with Gasteiger partial charge in [-0.2, -0.15) is 0 Å². The van der Waals surface area contributed by atoms with Gasteiger partial charge in [-0.25, -0.2) is 9.97 Å². The highest BCUT2D eigenvalue weighted by atomic mass is 16.5. The van der Waals surface area contributed by atoms with Gasteiger partial charge in [-0.15, -0.1) is 0 Å². The molecule has 1 N–H and O–H groups in total. The van der Waals surface area contributed by atoms with Gasteiger partial charge < -0.3 is 19.7 Å². The molecule has 1 aliphatic heterocycles. The number of ether oxygens (including phenoxy) is 2. The number of aromatic nitrogens is 2. The molecular formula is C22H22N4O3. The number of nitrogens with one attached hydrogen (secondary N) is 1. The van der Waals surface area contributed by atoms with E-state index >= 15 is 0 Å². The molecule has 0 spiro atoms. The van der Waals surface area contributed by atoms with Crippen molar-refractivity contribution >= 4 is 17.5 Å². The van der Waals surface area contributed by atoms with Gasteiger partial charge >= 0.3 is 0 Å². The van der Waals surface area contributed by atoms with Crippen molar-refractivity contribution in [1.82, 2.24) is 9.97 Å². The molecule has 29 heavy (non-hydrogen) atoms. The molecule has 1 aliphatic rings. The molecule has 0 aliphatic carbocycles. The highest BCUT2D eigenvalue weighted by molar-refractivity contribution is 6.04. The fraction of sp³-hybridized carbons (Fsp3) is 0.227. The molecule has 148 valence electrons. The summed E-state index contributed by atoms with van der Waals surface area (Å²) in [6.45, 7) is 1.62. The molecule has 7 nitrogen and oxygen atoms in total. The summed E-state index contributed by atoms with van der Waals surface area (Å²) in [7, 11) is 3.12. The van der Waals surface area contributed by atoms with Crippen LogP contribution in [0.5, 0.6) is 11.5 Å². The largest absolute Gasteiger partial charge is 0.497 e. The van der Waals surface area contributed by atoms with Gasteiger partial charge in [-0.3, -0.25) is 4.79 Å². The third kappa shape index (κ3) is 3.99. The number of nitrogens with zero attached hydrogens (tertiary/aromatic N) is 3. The second kappa shape index (κ2) is 8.18. The molecule has 0 bridgehead atoms. The maximum atomic E-state index is 12.6. The molecule has 1 amide bonds. The summed E-state index contributed by atoms with van der Waals surface area (Å²) >= 11 is 0. The SMILES string of the molecule is COc1ccc(OC)c(NC(=O)c2cnc(N3CCc4ccccc4C3)nc2)c1. The van der Waals surface area contributed by atoms with Crippen molar-refractivity contribution < 1.29 is 14.3 Å². The van der Waals surface area contributed by atoms with E-state index in [2.05, 4.69) is 38.4 Å². The molecule has 4 rings (SSSR count). The Balaban J connectivity index is 1.48. The van der Waals surface area contributed by atoms with Crippen LogP contribution < -0.4 is 19.7 Å². The number of carbonyl (C=O) groups excluding carboxylic acids is 1. The lowest BCUT2D eigenvalue weighted by Crippen LogP contribution is -2.31. The van der Waals surface area contributed by atoms with Gasteiger partial charge in [-0.1, -0.05) is 24.3 Å². The molecule has 0 atom stereocenters. The Morgan fingerprint density at radius 1 is 1.03 bits per heavy atom. The minimum absolute atomic E-state index is 0.313. The summed E-state index contributed by atoms with van der Waals surface area (Å²) in [6, 6.07) is 13.6. The van der Waals surface area contributed by atoms with Crippen LogP contribution in [0.25, 0.3) is 0 Å². The van der Waals surface area contributed by atoms with Crippen molar-refractivity contribution in [1.29, 1.82) is 0 Å². The smallest absolute Gasteiger partial charge is 0.258 e. The second-order valence-corrected chi connectivity index (χ2v) is 6.73. The van der Waals surface area contributed by atoms with Gasteiger partial charge in [-0.05, 0) is 29.7 Å². The third-order valence-electron chi connectivity index (χ3n) is 4.97. The van der Waals surface area contributed by atoms with Gasteiger partial charge in [0.1, 0.15) is 11.5 Å². The normalized spacial score (nSPS) is 12.8. The standard InChI is InChI=1S/C22H22N4O3/c1-28-18-7-8-20(29-2)19(11-18)25-21(27)17-12-23-22(24-13-17)26-10-9-15-5-3-4-6-16(15)14-26/h3-8,11-13H,9-10,14H2,1-2H3,(H,25,27). The molecule has 0 saturated heterocycles. The summed E-state index contributed by atoms with van der Waals surface area (Å²) in [4.78, 5) is 23.6. The fourth-order valence-corrected chi connectivity index (χ4v) is 3.37. The molecule has 0 saturated carbocycles. The first kappa shape index (κ1) is 18.7. The molecule has 2 aromatic carbocycles. The van der Waals surface area contributed by atoms with E-state index in [0.29, 0.717) is 28.7 Å². The Bertz CT molecular complexity index is 1020. The zero-order valence-electron chi connectivity index (χ0n) is 16.4. The van der Waals surface area contributed by atoms with Gasteiger partial charge in [0.15, 0.2) is 0 Å². The highest BCUT2D eigenvalue weighted by Gasteiger charge is 2.19. The van der Waals surface area contributed by atoms with Crippen LogP contribution in [0, 0.1) is 0 Å². The molecule has 2 heterocycles. The van der Waals surface area contributed by atoms with E-state index < -0.39 is 0 Å².